The highest BCUT2D eigenvalue weighted by Gasteiger charge is 2.39. The lowest BCUT2D eigenvalue weighted by atomic mass is 9.66. The van der Waals surface area contributed by atoms with Crippen LogP contribution in [0.15, 0.2) is 93.6 Å². The van der Waals surface area contributed by atoms with Crippen molar-refractivity contribution in [1.82, 2.24) is 4.98 Å². The molecule has 0 bridgehead atoms. The molecule has 0 saturated heterocycles. The van der Waals surface area contributed by atoms with Gasteiger partial charge in [0.25, 0.3) is 0 Å². The Labute approximate surface area is 169 Å². The number of allylic oxidation sites excluding steroid dienone is 9. The van der Waals surface area contributed by atoms with Gasteiger partial charge in [0, 0.05) is 34.2 Å². The van der Waals surface area contributed by atoms with Crippen LogP contribution in [0.3, 0.4) is 0 Å². The van der Waals surface area contributed by atoms with Crippen LogP contribution in [-0.2, 0) is 0 Å². The molecule has 3 aromatic rings. The summed E-state index contributed by atoms with van der Waals surface area (Å²) in [7, 11) is 0. The third-order valence-corrected chi connectivity index (χ3v) is 6.71. The van der Waals surface area contributed by atoms with E-state index in [1.54, 1.807) is 5.57 Å². The van der Waals surface area contributed by atoms with E-state index < -0.39 is 0 Å². The number of hydrogen-bond acceptors (Lipinski definition) is 2. The zero-order valence-electron chi connectivity index (χ0n) is 16.0. The van der Waals surface area contributed by atoms with Crippen molar-refractivity contribution in [2.45, 2.75) is 19.3 Å². The van der Waals surface area contributed by atoms with Gasteiger partial charge in [-0.15, -0.1) is 0 Å². The van der Waals surface area contributed by atoms with Crippen molar-refractivity contribution >= 4 is 22.6 Å². The molecule has 7 rings (SSSR count). The van der Waals surface area contributed by atoms with Crippen LogP contribution in [-0.4, -0.2) is 4.98 Å². The zero-order valence-corrected chi connectivity index (χ0v) is 16.0. The average Bonchev–Trinajstić information content (AvgIpc) is 3.16. The molecule has 0 radical (unpaired) electrons. The molecule has 4 aliphatic rings. The molecule has 2 heterocycles. The Bertz CT molecular complexity index is 1360. The van der Waals surface area contributed by atoms with Crippen molar-refractivity contribution in [1.29, 1.82) is 0 Å². The molecule has 1 unspecified atom stereocenters. The van der Waals surface area contributed by atoms with Crippen molar-refractivity contribution < 1.29 is 4.42 Å². The van der Waals surface area contributed by atoms with Crippen LogP contribution < -0.4 is 0 Å². The van der Waals surface area contributed by atoms with Gasteiger partial charge in [-0.05, 0) is 65.8 Å². The van der Waals surface area contributed by atoms with Crippen LogP contribution in [0.2, 0.25) is 0 Å². The minimum absolute atomic E-state index is 0.335. The van der Waals surface area contributed by atoms with Crippen LogP contribution in [0.4, 0.5) is 0 Å². The molecule has 2 nitrogen and oxygen atoms in total. The summed E-state index contributed by atoms with van der Waals surface area (Å²) in [5.74, 6) is 1.38. The molecule has 0 fully saturated rings. The number of hydrogen-bond donors (Lipinski definition) is 0. The van der Waals surface area contributed by atoms with Gasteiger partial charge in [-0.3, -0.25) is 4.98 Å². The number of fused-ring (bicyclic) bond motifs is 4. The highest BCUT2D eigenvalue weighted by Crippen LogP contribution is 2.54. The molecular weight excluding hydrogens is 354 g/mol. The molecule has 0 amide bonds. The van der Waals surface area contributed by atoms with Gasteiger partial charge in [0.15, 0.2) is 0 Å². The number of benzene rings is 1. The standard InChI is InChI=1S/C27H19NO/c1-2-14-28-22(8-1)19-7-4-9-23-26(19)21-15-18-11-10-16-5-3-6-17-12-13-20(27(21)29-23)25(18)24(16)17/h1-2,4,6-11,13-15,25H,3,5,12H2. The Morgan fingerprint density at radius 3 is 2.93 bits per heavy atom. The van der Waals surface area contributed by atoms with Crippen LogP contribution in [0, 0.1) is 5.92 Å². The molecule has 0 aliphatic heterocycles. The molecule has 0 saturated carbocycles. The first-order valence-electron chi connectivity index (χ1n) is 10.4. The number of aromatic nitrogens is 1. The SMILES string of the molecule is C1=CC2=C3C(=CCC2)CC=C2c4oc5cccc(-c6ccccn6)c5c4C=C1C23. The van der Waals surface area contributed by atoms with Crippen molar-refractivity contribution in [2.24, 2.45) is 5.92 Å². The largest absolute Gasteiger partial charge is 0.456 e. The summed E-state index contributed by atoms with van der Waals surface area (Å²) in [4.78, 5) is 4.60. The van der Waals surface area contributed by atoms with Crippen LogP contribution in [0.5, 0.6) is 0 Å². The third kappa shape index (κ3) is 2.04. The van der Waals surface area contributed by atoms with E-state index in [2.05, 4.69) is 59.6 Å². The lowest BCUT2D eigenvalue weighted by Gasteiger charge is -2.37. The van der Waals surface area contributed by atoms with E-state index in [-0.39, 0.29) is 0 Å². The second-order valence-electron chi connectivity index (χ2n) is 8.22. The molecule has 2 heteroatoms. The van der Waals surface area contributed by atoms with Crippen molar-refractivity contribution in [2.75, 3.05) is 0 Å². The minimum Gasteiger partial charge on any atom is -0.456 e. The summed E-state index contributed by atoms with van der Waals surface area (Å²) < 4.78 is 6.50. The number of pyridine rings is 1. The van der Waals surface area contributed by atoms with Crippen LogP contribution in [0.1, 0.15) is 30.6 Å². The second kappa shape index (κ2) is 5.57. The van der Waals surface area contributed by atoms with Crippen LogP contribution >= 0.6 is 0 Å². The Balaban J connectivity index is 1.53. The fraction of sp³-hybridized carbons (Fsp3) is 0.148. The van der Waals surface area contributed by atoms with E-state index in [1.165, 1.54) is 33.2 Å². The normalized spacial score (nSPS) is 21.4. The van der Waals surface area contributed by atoms with Gasteiger partial charge in [0.1, 0.15) is 11.3 Å². The Morgan fingerprint density at radius 1 is 1.00 bits per heavy atom. The monoisotopic (exact) mass is 373 g/mol. The Kier molecular flexibility index (Phi) is 2.98. The minimum atomic E-state index is 0.335. The summed E-state index contributed by atoms with van der Waals surface area (Å²) in [6, 6.07) is 12.4. The van der Waals surface area contributed by atoms with Gasteiger partial charge in [-0.1, -0.05) is 42.5 Å². The summed E-state index contributed by atoms with van der Waals surface area (Å²) in [6.07, 6.45) is 17.1. The quantitative estimate of drug-likeness (QED) is 0.464. The molecule has 29 heavy (non-hydrogen) atoms. The maximum atomic E-state index is 6.50. The molecule has 0 N–H and O–H groups in total. The molecular formula is C27H19NO. The summed E-state index contributed by atoms with van der Waals surface area (Å²) in [5, 5.41) is 1.17. The molecule has 4 aliphatic carbocycles. The van der Waals surface area contributed by atoms with E-state index in [0.717, 1.165) is 41.9 Å². The van der Waals surface area contributed by atoms with Gasteiger partial charge >= 0.3 is 0 Å². The van der Waals surface area contributed by atoms with E-state index in [4.69, 9.17) is 4.42 Å². The number of furan rings is 1. The van der Waals surface area contributed by atoms with Crippen LogP contribution in [0.25, 0.3) is 33.9 Å². The fourth-order valence-corrected chi connectivity index (χ4v) is 5.50. The Morgan fingerprint density at radius 2 is 2.00 bits per heavy atom. The van der Waals surface area contributed by atoms with Gasteiger partial charge in [-0.25, -0.2) is 0 Å². The molecule has 2 aromatic heterocycles. The topological polar surface area (TPSA) is 26.0 Å². The van der Waals surface area contributed by atoms with E-state index in [0.29, 0.717) is 5.92 Å². The zero-order chi connectivity index (χ0) is 18.9. The molecule has 1 aromatic carbocycles. The smallest absolute Gasteiger partial charge is 0.139 e. The summed E-state index contributed by atoms with van der Waals surface area (Å²) >= 11 is 0. The molecule has 1 atom stereocenters. The molecule has 138 valence electrons. The maximum absolute atomic E-state index is 6.50. The van der Waals surface area contributed by atoms with Gasteiger partial charge < -0.3 is 4.42 Å². The van der Waals surface area contributed by atoms with E-state index >= 15 is 0 Å². The number of rotatable bonds is 1. The first kappa shape index (κ1) is 15.5. The highest BCUT2D eigenvalue weighted by molar-refractivity contribution is 6.05. The fourth-order valence-electron chi connectivity index (χ4n) is 5.50. The first-order chi connectivity index (χ1) is 14.4. The number of nitrogens with zero attached hydrogens (tertiary/aromatic N) is 1. The van der Waals surface area contributed by atoms with E-state index in [1.807, 2.05) is 18.3 Å². The maximum Gasteiger partial charge on any atom is 0.139 e. The van der Waals surface area contributed by atoms with Gasteiger partial charge in [-0.2, -0.15) is 0 Å². The summed E-state index contributed by atoms with van der Waals surface area (Å²) in [6.45, 7) is 0. The lowest BCUT2D eigenvalue weighted by molar-refractivity contribution is 0.587. The first-order valence-corrected chi connectivity index (χ1v) is 10.4. The van der Waals surface area contributed by atoms with E-state index in [9.17, 15) is 0 Å². The summed E-state index contributed by atoms with van der Waals surface area (Å²) in [5.41, 5.74) is 11.6. The predicted octanol–water partition coefficient (Wildman–Crippen LogP) is 6.88. The van der Waals surface area contributed by atoms with Crippen molar-refractivity contribution in [3.8, 4) is 11.3 Å². The van der Waals surface area contributed by atoms with Crippen molar-refractivity contribution in [3.63, 3.8) is 0 Å². The highest BCUT2D eigenvalue weighted by atomic mass is 16.3. The lowest BCUT2D eigenvalue weighted by Crippen LogP contribution is -2.22. The molecule has 0 spiro atoms. The average molecular weight is 373 g/mol. The van der Waals surface area contributed by atoms with Gasteiger partial charge in [0.2, 0.25) is 0 Å². The second-order valence-corrected chi connectivity index (χ2v) is 8.22. The predicted molar refractivity (Wildman–Crippen MR) is 117 cm³/mol. The van der Waals surface area contributed by atoms with Gasteiger partial charge in [0.05, 0.1) is 5.69 Å². The Hall–Kier alpha value is -3.39. The van der Waals surface area contributed by atoms with Crippen molar-refractivity contribution in [3.05, 3.63) is 101 Å². The third-order valence-electron chi connectivity index (χ3n) is 6.71.